The maximum Gasteiger partial charge on any atom is 0.326 e. The van der Waals surface area contributed by atoms with Gasteiger partial charge in [-0.1, -0.05) is 0 Å². The highest BCUT2D eigenvalue weighted by molar-refractivity contribution is 5.96. The number of carboxylic acids is 1. The Morgan fingerprint density at radius 3 is 2.76 bits per heavy atom. The number of carbonyl (C=O) groups is 3. The molecule has 2 aromatic rings. The van der Waals surface area contributed by atoms with E-state index in [0.29, 0.717) is 24.6 Å². The quantitative estimate of drug-likeness (QED) is 0.0949. The Morgan fingerprint density at radius 1 is 1.38 bits per heavy atom. The van der Waals surface area contributed by atoms with Gasteiger partial charge in [-0.05, 0) is 24.3 Å². The molecule has 1 aromatic heterocycles. The van der Waals surface area contributed by atoms with Crippen LogP contribution in [0.1, 0.15) is 16.8 Å². The van der Waals surface area contributed by atoms with Crippen molar-refractivity contribution < 1.29 is 24.2 Å². The Kier molecular flexibility index (Phi) is 7.63. The van der Waals surface area contributed by atoms with Crippen molar-refractivity contribution in [1.29, 1.82) is 5.41 Å². The van der Waals surface area contributed by atoms with E-state index < -0.39 is 23.5 Å². The minimum Gasteiger partial charge on any atom is -0.480 e. The summed E-state index contributed by atoms with van der Waals surface area (Å²) in [5.74, 6) is -1.55. The minimum absolute atomic E-state index is 0.0224. The number of nitrogen functional groups attached to an aromatic ring is 1. The molecule has 2 atom stereocenters. The topological polar surface area (TPSA) is 216 Å². The Hall–Kier alpha value is -4.62. The van der Waals surface area contributed by atoms with Gasteiger partial charge in [-0.25, -0.2) is 4.79 Å². The van der Waals surface area contributed by atoms with Gasteiger partial charge in [0.25, 0.3) is 17.9 Å². The van der Waals surface area contributed by atoms with Crippen LogP contribution in [0.4, 0.5) is 23.1 Å². The predicted molar refractivity (Wildman–Crippen MR) is 123 cm³/mol. The van der Waals surface area contributed by atoms with E-state index in [0.717, 1.165) is 6.34 Å². The fourth-order valence-corrected chi connectivity index (χ4v) is 3.39. The van der Waals surface area contributed by atoms with Crippen molar-refractivity contribution in [2.75, 3.05) is 41.0 Å². The second-order valence-corrected chi connectivity index (χ2v) is 7.30. The molecule has 0 bridgehead atoms. The van der Waals surface area contributed by atoms with E-state index >= 15 is 0 Å². The number of benzene rings is 1. The molecule has 1 aliphatic rings. The zero-order chi connectivity index (χ0) is 24.7. The van der Waals surface area contributed by atoms with Crippen molar-refractivity contribution in [3.05, 3.63) is 40.2 Å². The van der Waals surface area contributed by atoms with E-state index in [2.05, 4.69) is 30.7 Å². The molecule has 3 rings (SSSR count). The first kappa shape index (κ1) is 24.0. The smallest absolute Gasteiger partial charge is 0.326 e. The van der Waals surface area contributed by atoms with Crippen LogP contribution in [0.15, 0.2) is 29.1 Å². The lowest BCUT2D eigenvalue weighted by atomic mass is 10.1. The molecule has 0 saturated heterocycles. The number of hydrogen-bond donors (Lipinski definition) is 7. The Morgan fingerprint density at radius 2 is 2.12 bits per heavy atom. The number of aromatic amines is 1. The van der Waals surface area contributed by atoms with E-state index in [1.165, 1.54) is 17.0 Å². The van der Waals surface area contributed by atoms with Gasteiger partial charge in [0.1, 0.15) is 6.04 Å². The molecule has 0 fully saturated rings. The lowest BCUT2D eigenvalue weighted by Crippen LogP contribution is -2.49. The molecule has 1 aliphatic heterocycles. The molecule has 180 valence electrons. The van der Waals surface area contributed by atoms with Crippen LogP contribution in [-0.2, 0) is 14.3 Å². The number of H-pyrrole nitrogens is 1. The maximum absolute atomic E-state index is 12.4. The molecule has 1 aromatic carbocycles. The van der Waals surface area contributed by atoms with E-state index in [-0.39, 0.29) is 42.7 Å². The minimum atomic E-state index is -1.24. The van der Waals surface area contributed by atoms with Gasteiger partial charge in [0, 0.05) is 30.8 Å². The highest BCUT2D eigenvalue weighted by Gasteiger charge is 2.29. The summed E-state index contributed by atoms with van der Waals surface area (Å²) in [6.45, 7) is 0.831. The third-order valence-electron chi connectivity index (χ3n) is 5.09. The van der Waals surface area contributed by atoms with Crippen molar-refractivity contribution in [3.63, 3.8) is 0 Å². The molecular formula is C20H24N8O6. The summed E-state index contributed by atoms with van der Waals surface area (Å²) in [6, 6.07) is 4.86. The van der Waals surface area contributed by atoms with Crippen molar-refractivity contribution in [2.45, 2.75) is 18.5 Å². The summed E-state index contributed by atoms with van der Waals surface area (Å²) in [5, 5.41) is 25.5. The van der Waals surface area contributed by atoms with Crippen LogP contribution in [0.2, 0.25) is 0 Å². The number of nitrogens with two attached hydrogens (primary N) is 1. The van der Waals surface area contributed by atoms with Crippen LogP contribution in [0, 0.1) is 5.41 Å². The molecule has 0 unspecified atom stereocenters. The van der Waals surface area contributed by atoms with Crippen molar-refractivity contribution >= 4 is 47.8 Å². The first-order chi connectivity index (χ1) is 16.3. The lowest BCUT2D eigenvalue weighted by molar-refractivity contribution is -0.140. The van der Waals surface area contributed by atoms with Gasteiger partial charge < -0.3 is 36.4 Å². The molecule has 14 heteroatoms. The zero-order valence-corrected chi connectivity index (χ0v) is 17.9. The third kappa shape index (κ3) is 5.59. The largest absolute Gasteiger partial charge is 0.480 e. The predicted octanol–water partition coefficient (Wildman–Crippen LogP) is -0.582. The zero-order valence-electron chi connectivity index (χ0n) is 17.9. The first-order valence-corrected chi connectivity index (χ1v) is 10.2. The summed E-state index contributed by atoms with van der Waals surface area (Å²) in [7, 11) is 0. The molecule has 8 N–H and O–H groups in total. The number of ether oxygens (including phenoxy) is 1. The number of fused-ring (bicyclic) bond motifs is 1. The number of anilines is 4. The number of amides is 1. The SMILES string of the molecule is N=CN1c2c(nc(N)[nH]c2=O)NC[C@@H]1CNc1ccc(C(=O)N[C@@H](CCOC=O)C(=O)O)cc1. The summed E-state index contributed by atoms with van der Waals surface area (Å²) in [5.41, 5.74) is 6.22. The number of rotatable bonds is 11. The van der Waals surface area contributed by atoms with Crippen molar-refractivity contribution in [3.8, 4) is 0 Å². The summed E-state index contributed by atoms with van der Waals surface area (Å²) < 4.78 is 4.49. The highest BCUT2D eigenvalue weighted by Crippen LogP contribution is 2.25. The molecule has 0 aliphatic carbocycles. The van der Waals surface area contributed by atoms with Gasteiger partial charge in [0.05, 0.1) is 19.0 Å². The second-order valence-electron chi connectivity index (χ2n) is 7.30. The van der Waals surface area contributed by atoms with E-state index in [9.17, 15) is 24.3 Å². The fourth-order valence-electron chi connectivity index (χ4n) is 3.39. The Labute approximate surface area is 193 Å². The van der Waals surface area contributed by atoms with Gasteiger partial charge >= 0.3 is 5.97 Å². The van der Waals surface area contributed by atoms with E-state index in [4.69, 9.17) is 11.1 Å². The maximum atomic E-state index is 12.4. The summed E-state index contributed by atoms with van der Waals surface area (Å²) in [4.78, 5) is 54.1. The third-order valence-corrected chi connectivity index (χ3v) is 5.09. The van der Waals surface area contributed by atoms with Crippen molar-refractivity contribution in [1.82, 2.24) is 15.3 Å². The average molecular weight is 472 g/mol. The molecular weight excluding hydrogens is 448 g/mol. The number of aliphatic carboxylic acids is 1. The van der Waals surface area contributed by atoms with Crippen LogP contribution >= 0.6 is 0 Å². The van der Waals surface area contributed by atoms with Crippen molar-refractivity contribution in [2.24, 2.45) is 0 Å². The molecule has 0 spiro atoms. The van der Waals surface area contributed by atoms with Gasteiger partial charge in [0.15, 0.2) is 11.5 Å². The highest BCUT2D eigenvalue weighted by atomic mass is 16.5. The number of carbonyl (C=O) groups excluding carboxylic acids is 2. The van der Waals surface area contributed by atoms with Crippen LogP contribution < -0.4 is 32.1 Å². The first-order valence-electron chi connectivity index (χ1n) is 10.2. The number of carboxylic acid groups (broad SMARTS) is 1. The number of hydrogen-bond acceptors (Lipinski definition) is 10. The van der Waals surface area contributed by atoms with Crippen LogP contribution in [-0.4, -0.2) is 71.5 Å². The van der Waals surface area contributed by atoms with Gasteiger partial charge in [-0.15, -0.1) is 0 Å². The number of aromatic nitrogens is 2. The molecule has 1 amide bonds. The van der Waals surface area contributed by atoms with Gasteiger partial charge in [-0.2, -0.15) is 4.98 Å². The van der Waals surface area contributed by atoms with E-state index in [1.54, 1.807) is 12.1 Å². The molecule has 0 radical (unpaired) electrons. The van der Waals surface area contributed by atoms with Crippen LogP contribution in [0.25, 0.3) is 0 Å². The van der Waals surface area contributed by atoms with Gasteiger partial charge in [-0.3, -0.25) is 24.8 Å². The summed E-state index contributed by atoms with van der Waals surface area (Å²) >= 11 is 0. The van der Waals surface area contributed by atoms with Gasteiger partial charge in [0.2, 0.25) is 5.95 Å². The van der Waals surface area contributed by atoms with Crippen LogP contribution in [0.5, 0.6) is 0 Å². The van der Waals surface area contributed by atoms with E-state index in [1.807, 2.05) is 0 Å². The molecule has 2 heterocycles. The Balaban J connectivity index is 1.61. The Bertz CT molecular complexity index is 1120. The number of nitrogens with zero attached hydrogens (tertiary/aromatic N) is 2. The molecule has 0 saturated carbocycles. The second kappa shape index (κ2) is 10.8. The average Bonchev–Trinajstić information content (AvgIpc) is 2.81. The van der Waals surface area contributed by atoms with Crippen LogP contribution in [0.3, 0.4) is 0 Å². The lowest BCUT2D eigenvalue weighted by Gasteiger charge is -2.35. The summed E-state index contributed by atoms with van der Waals surface area (Å²) in [6.07, 6.45) is 0.984. The standard InChI is InChI=1S/C20H24N8O6/c21-9-28-13(8-24-16-15(28)18(31)27-20(22)26-16)7-23-12-3-1-11(2-4-12)17(30)25-14(19(32)33)5-6-34-10-29/h1-4,9-10,13-14,21,23H,5-8H2,(H,25,30)(H,32,33)(H4,22,24,26,27,31)/t13-,14-/m0/s1. The molecule has 14 nitrogen and oxygen atoms in total. The molecule has 34 heavy (non-hydrogen) atoms. The normalized spacial score (nSPS) is 15.3. The monoisotopic (exact) mass is 472 g/mol. The number of nitrogens with one attached hydrogen (secondary N) is 5. The fraction of sp³-hybridized carbons (Fsp3) is 0.300.